The number of piperidine rings is 1. The van der Waals surface area contributed by atoms with Crippen LogP contribution < -0.4 is 0 Å². The summed E-state index contributed by atoms with van der Waals surface area (Å²) in [6, 6.07) is -0.998. The van der Waals surface area contributed by atoms with Crippen molar-refractivity contribution in [3.05, 3.63) is 12.7 Å². The third-order valence-electron chi connectivity index (χ3n) is 3.41. The maximum absolute atomic E-state index is 12.0. The Morgan fingerprint density at radius 3 is 2.89 bits per heavy atom. The highest BCUT2D eigenvalue weighted by Gasteiger charge is 2.46. The molecule has 2 heterocycles. The van der Waals surface area contributed by atoms with Crippen LogP contribution >= 0.6 is 0 Å². The third kappa shape index (κ3) is 2.33. The van der Waals surface area contributed by atoms with Crippen LogP contribution in [0.4, 0.5) is 4.79 Å². The first-order valence-corrected chi connectivity index (χ1v) is 6.05. The molecule has 2 aliphatic rings. The Morgan fingerprint density at radius 1 is 1.44 bits per heavy atom. The van der Waals surface area contributed by atoms with Crippen molar-refractivity contribution in [2.75, 3.05) is 13.2 Å². The smallest absolute Gasteiger partial charge is 0.411 e. The van der Waals surface area contributed by atoms with Gasteiger partial charge in [-0.15, -0.1) is 0 Å². The van der Waals surface area contributed by atoms with Crippen molar-refractivity contribution in [3.8, 4) is 0 Å². The van der Waals surface area contributed by atoms with Crippen LogP contribution in [0.1, 0.15) is 19.3 Å². The number of carbonyl (C=O) groups excluding carboxylic acids is 1. The van der Waals surface area contributed by atoms with Crippen LogP contribution in [0.15, 0.2) is 12.7 Å². The number of carboxylic acids is 1. The van der Waals surface area contributed by atoms with Gasteiger partial charge in [0, 0.05) is 6.61 Å². The Bertz CT molecular complexity index is 356. The summed E-state index contributed by atoms with van der Waals surface area (Å²) < 4.78 is 10.5. The minimum absolute atomic E-state index is 0.0584. The Labute approximate surface area is 105 Å². The van der Waals surface area contributed by atoms with Crippen molar-refractivity contribution >= 4 is 12.1 Å². The zero-order valence-corrected chi connectivity index (χ0v) is 10.1. The molecule has 0 radical (unpaired) electrons. The van der Waals surface area contributed by atoms with Crippen LogP contribution in [0.3, 0.4) is 0 Å². The first-order valence-electron chi connectivity index (χ1n) is 6.05. The lowest BCUT2D eigenvalue weighted by atomic mass is 9.93. The number of amides is 1. The Kier molecular flexibility index (Phi) is 3.86. The second kappa shape index (κ2) is 5.39. The average Bonchev–Trinajstić information content (AvgIpc) is 2.82. The molecule has 1 amide bonds. The topological polar surface area (TPSA) is 76.1 Å². The SMILES string of the molecule is C=CCOC(=O)N1[C@H](C(=O)O)CC[C@@H]2OCC[C@@H]21. The minimum atomic E-state index is -0.990. The van der Waals surface area contributed by atoms with Gasteiger partial charge in [0.25, 0.3) is 0 Å². The van der Waals surface area contributed by atoms with Crippen LogP contribution in [0.5, 0.6) is 0 Å². The number of fused-ring (bicyclic) bond motifs is 1. The molecule has 0 aromatic carbocycles. The molecule has 0 aromatic heterocycles. The number of nitrogens with zero attached hydrogens (tertiary/aromatic N) is 1. The van der Waals surface area contributed by atoms with Gasteiger partial charge in [0.1, 0.15) is 12.6 Å². The fourth-order valence-corrected chi connectivity index (χ4v) is 2.63. The Hall–Kier alpha value is -1.56. The second-order valence-corrected chi connectivity index (χ2v) is 4.47. The molecule has 18 heavy (non-hydrogen) atoms. The number of carboxylic acid groups (broad SMARTS) is 1. The van der Waals surface area contributed by atoms with E-state index in [1.807, 2.05) is 0 Å². The first-order chi connectivity index (χ1) is 8.65. The lowest BCUT2D eigenvalue weighted by Crippen LogP contribution is -2.57. The standard InChI is InChI=1S/C12H17NO5/c1-2-6-18-12(16)13-8-5-7-17-10(8)4-3-9(13)11(14)15/h2,8-10H,1,3-7H2,(H,14,15)/t8-,9-,10-/m0/s1. The zero-order valence-electron chi connectivity index (χ0n) is 10.1. The fraction of sp³-hybridized carbons (Fsp3) is 0.667. The van der Waals surface area contributed by atoms with Gasteiger partial charge in [-0.3, -0.25) is 4.90 Å². The largest absolute Gasteiger partial charge is 0.480 e. The molecular weight excluding hydrogens is 238 g/mol. The van der Waals surface area contributed by atoms with Gasteiger partial charge in [-0.1, -0.05) is 12.7 Å². The zero-order chi connectivity index (χ0) is 13.1. The van der Waals surface area contributed by atoms with E-state index in [1.165, 1.54) is 11.0 Å². The van der Waals surface area contributed by atoms with Crippen LogP contribution in [-0.2, 0) is 14.3 Å². The Morgan fingerprint density at radius 2 is 2.22 bits per heavy atom. The first kappa shape index (κ1) is 12.9. The lowest BCUT2D eigenvalue weighted by molar-refractivity contribution is -0.146. The van der Waals surface area contributed by atoms with E-state index in [4.69, 9.17) is 9.47 Å². The van der Waals surface area contributed by atoms with Crippen molar-refractivity contribution in [3.63, 3.8) is 0 Å². The van der Waals surface area contributed by atoms with Crippen molar-refractivity contribution in [1.82, 2.24) is 4.90 Å². The van der Waals surface area contributed by atoms with Gasteiger partial charge < -0.3 is 14.6 Å². The van der Waals surface area contributed by atoms with Crippen LogP contribution in [0, 0.1) is 0 Å². The van der Waals surface area contributed by atoms with E-state index in [0.717, 1.165) is 0 Å². The quantitative estimate of drug-likeness (QED) is 0.762. The van der Waals surface area contributed by atoms with Gasteiger partial charge in [0.05, 0.1) is 12.1 Å². The van der Waals surface area contributed by atoms with Crippen molar-refractivity contribution in [2.45, 2.75) is 37.5 Å². The predicted molar refractivity (Wildman–Crippen MR) is 62.2 cm³/mol. The highest BCUT2D eigenvalue weighted by atomic mass is 16.6. The molecule has 100 valence electrons. The average molecular weight is 255 g/mol. The van der Waals surface area contributed by atoms with Crippen LogP contribution in [-0.4, -0.2) is 53.5 Å². The number of hydrogen-bond donors (Lipinski definition) is 1. The second-order valence-electron chi connectivity index (χ2n) is 4.47. The molecule has 0 aromatic rings. The molecule has 6 heteroatoms. The maximum Gasteiger partial charge on any atom is 0.411 e. The van der Waals surface area contributed by atoms with Gasteiger partial charge in [-0.2, -0.15) is 0 Å². The molecule has 2 fully saturated rings. The molecule has 0 bridgehead atoms. The number of carbonyl (C=O) groups is 2. The maximum atomic E-state index is 12.0. The fourth-order valence-electron chi connectivity index (χ4n) is 2.63. The molecule has 2 aliphatic heterocycles. The summed E-state index contributed by atoms with van der Waals surface area (Å²) in [4.78, 5) is 24.5. The highest BCUT2D eigenvalue weighted by Crippen LogP contribution is 2.32. The van der Waals surface area contributed by atoms with Gasteiger partial charge in [-0.25, -0.2) is 9.59 Å². The highest BCUT2D eigenvalue weighted by molar-refractivity contribution is 5.80. The molecule has 0 aliphatic carbocycles. The molecule has 6 nitrogen and oxygen atoms in total. The van der Waals surface area contributed by atoms with Crippen molar-refractivity contribution in [1.29, 1.82) is 0 Å². The van der Waals surface area contributed by atoms with Crippen molar-refractivity contribution < 1.29 is 24.2 Å². The summed E-state index contributed by atoms with van der Waals surface area (Å²) in [6.07, 6.45) is 2.55. The molecule has 0 unspecified atom stereocenters. The van der Waals surface area contributed by atoms with E-state index < -0.39 is 18.1 Å². The summed E-state index contributed by atoms with van der Waals surface area (Å²) in [7, 11) is 0. The summed E-state index contributed by atoms with van der Waals surface area (Å²) in [6.45, 7) is 4.11. The van der Waals surface area contributed by atoms with E-state index in [9.17, 15) is 14.7 Å². The summed E-state index contributed by atoms with van der Waals surface area (Å²) in [5, 5.41) is 9.19. The van der Waals surface area contributed by atoms with Crippen LogP contribution in [0.25, 0.3) is 0 Å². The summed E-state index contributed by atoms with van der Waals surface area (Å²) in [5.41, 5.74) is 0. The normalized spacial score (nSPS) is 30.7. The predicted octanol–water partition coefficient (Wildman–Crippen LogP) is 1.02. The monoisotopic (exact) mass is 255 g/mol. The molecule has 0 spiro atoms. The third-order valence-corrected chi connectivity index (χ3v) is 3.41. The Balaban J connectivity index is 2.14. The molecule has 2 rings (SSSR count). The van der Waals surface area contributed by atoms with Gasteiger partial charge >= 0.3 is 12.1 Å². The molecule has 3 atom stereocenters. The van der Waals surface area contributed by atoms with Gasteiger partial charge in [-0.05, 0) is 19.3 Å². The summed E-state index contributed by atoms with van der Waals surface area (Å²) >= 11 is 0. The van der Waals surface area contributed by atoms with Gasteiger partial charge in [0.2, 0.25) is 0 Å². The molecule has 2 saturated heterocycles. The van der Waals surface area contributed by atoms with Crippen molar-refractivity contribution in [2.24, 2.45) is 0 Å². The number of ether oxygens (including phenoxy) is 2. The van der Waals surface area contributed by atoms with Crippen LogP contribution in [0.2, 0.25) is 0 Å². The molecule has 0 saturated carbocycles. The number of rotatable bonds is 3. The van der Waals surface area contributed by atoms with E-state index >= 15 is 0 Å². The van der Waals surface area contributed by atoms with Gasteiger partial charge in [0.15, 0.2) is 0 Å². The minimum Gasteiger partial charge on any atom is -0.480 e. The van der Waals surface area contributed by atoms with E-state index in [2.05, 4.69) is 6.58 Å². The number of likely N-dealkylation sites (tertiary alicyclic amines) is 1. The summed E-state index contributed by atoms with van der Waals surface area (Å²) in [5.74, 6) is -0.990. The lowest BCUT2D eigenvalue weighted by Gasteiger charge is -2.39. The van der Waals surface area contributed by atoms with E-state index in [-0.39, 0.29) is 18.8 Å². The molecule has 1 N–H and O–H groups in total. The van der Waals surface area contributed by atoms with E-state index in [1.54, 1.807) is 0 Å². The number of aliphatic carboxylic acids is 1. The molecular formula is C12H17NO5. The van der Waals surface area contributed by atoms with E-state index in [0.29, 0.717) is 25.9 Å². The number of hydrogen-bond acceptors (Lipinski definition) is 4.